The van der Waals surface area contributed by atoms with Crippen molar-refractivity contribution in [2.45, 2.75) is 20.3 Å². The monoisotopic (exact) mass is 448 g/mol. The van der Waals surface area contributed by atoms with E-state index in [2.05, 4.69) is 10.2 Å². The summed E-state index contributed by atoms with van der Waals surface area (Å²) < 4.78 is 22.5. The van der Waals surface area contributed by atoms with Crippen molar-refractivity contribution in [1.82, 2.24) is 0 Å². The van der Waals surface area contributed by atoms with E-state index in [1.54, 1.807) is 25.3 Å². The molecule has 1 saturated heterocycles. The van der Waals surface area contributed by atoms with E-state index < -0.39 is 0 Å². The van der Waals surface area contributed by atoms with Crippen LogP contribution in [0.4, 0.5) is 11.4 Å². The molecule has 7 nitrogen and oxygen atoms in total. The van der Waals surface area contributed by atoms with Crippen LogP contribution in [0.25, 0.3) is 0 Å². The maximum absolute atomic E-state index is 12.8. The minimum atomic E-state index is -0.205. The molecule has 1 aliphatic rings. The van der Waals surface area contributed by atoms with Gasteiger partial charge in [0.05, 0.1) is 51.3 Å². The van der Waals surface area contributed by atoms with Crippen molar-refractivity contribution in [2.75, 3.05) is 56.8 Å². The number of amides is 1. The van der Waals surface area contributed by atoms with Crippen molar-refractivity contribution in [3.8, 4) is 17.2 Å². The molecule has 0 spiro atoms. The second-order valence-corrected chi connectivity index (χ2v) is 7.40. The van der Waals surface area contributed by atoms with Crippen LogP contribution in [-0.2, 0) is 16.0 Å². The largest absolute Gasteiger partial charge is 0.496 e. The Hall–Kier alpha value is -2.64. The minimum absolute atomic E-state index is 0.116. The number of anilines is 2. The first-order chi connectivity index (χ1) is 15.0. The van der Waals surface area contributed by atoms with Gasteiger partial charge in [0.1, 0.15) is 17.2 Å². The number of hydrogen-bond acceptors (Lipinski definition) is 6. The number of hydrogen-bond donors (Lipinski definition) is 1. The molecule has 8 heteroatoms. The lowest BCUT2D eigenvalue weighted by molar-refractivity contribution is -0.115. The molecular weight excluding hydrogens is 420 g/mol. The molecule has 0 atom stereocenters. The first kappa shape index (κ1) is 23.0. The zero-order valence-electron chi connectivity index (χ0n) is 18.2. The van der Waals surface area contributed by atoms with E-state index in [0.717, 1.165) is 18.8 Å². The van der Waals surface area contributed by atoms with E-state index in [-0.39, 0.29) is 12.3 Å². The Morgan fingerprint density at radius 3 is 2.45 bits per heavy atom. The Morgan fingerprint density at radius 2 is 1.77 bits per heavy atom. The normalized spacial score (nSPS) is 13.6. The van der Waals surface area contributed by atoms with Crippen molar-refractivity contribution in [2.24, 2.45) is 0 Å². The molecule has 3 rings (SSSR count). The van der Waals surface area contributed by atoms with Crippen molar-refractivity contribution >= 4 is 28.9 Å². The van der Waals surface area contributed by atoms with Crippen LogP contribution in [0.3, 0.4) is 0 Å². The average molecular weight is 449 g/mol. The molecule has 1 fully saturated rings. The molecule has 0 radical (unpaired) electrons. The second-order valence-electron chi connectivity index (χ2n) is 6.96. The van der Waals surface area contributed by atoms with Gasteiger partial charge in [0.15, 0.2) is 0 Å². The van der Waals surface area contributed by atoms with Crippen molar-refractivity contribution in [1.29, 1.82) is 0 Å². The third kappa shape index (κ3) is 5.95. The van der Waals surface area contributed by atoms with Crippen LogP contribution in [0.5, 0.6) is 17.2 Å². The fourth-order valence-electron chi connectivity index (χ4n) is 3.50. The lowest BCUT2D eigenvalue weighted by atomic mass is 10.1. The smallest absolute Gasteiger partial charge is 0.229 e. The summed E-state index contributed by atoms with van der Waals surface area (Å²) in [6.45, 7) is 7.69. The zero-order chi connectivity index (χ0) is 22.2. The quantitative estimate of drug-likeness (QED) is 0.621. The van der Waals surface area contributed by atoms with Gasteiger partial charge in [-0.25, -0.2) is 0 Å². The van der Waals surface area contributed by atoms with Crippen LogP contribution >= 0.6 is 11.6 Å². The summed E-state index contributed by atoms with van der Waals surface area (Å²) in [4.78, 5) is 15.0. The van der Waals surface area contributed by atoms with Gasteiger partial charge in [-0.1, -0.05) is 11.6 Å². The Bertz CT molecular complexity index is 900. The Labute approximate surface area is 188 Å². The van der Waals surface area contributed by atoms with Crippen molar-refractivity contribution in [3.05, 3.63) is 40.9 Å². The van der Waals surface area contributed by atoms with Gasteiger partial charge in [-0.15, -0.1) is 0 Å². The summed E-state index contributed by atoms with van der Waals surface area (Å²) in [6.07, 6.45) is 0.116. The highest BCUT2D eigenvalue weighted by atomic mass is 35.5. The topological polar surface area (TPSA) is 69.3 Å². The van der Waals surface area contributed by atoms with E-state index in [1.807, 2.05) is 26.0 Å². The van der Waals surface area contributed by atoms with Gasteiger partial charge in [0.25, 0.3) is 0 Å². The minimum Gasteiger partial charge on any atom is -0.496 e. The molecule has 2 aromatic rings. The van der Waals surface area contributed by atoms with Crippen LogP contribution in [0.15, 0.2) is 30.3 Å². The third-order valence-electron chi connectivity index (χ3n) is 4.88. The van der Waals surface area contributed by atoms with E-state index in [9.17, 15) is 4.79 Å². The van der Waals surface area contributed by atoms with E-state index >= 15 is 0 Å². The van der Waals surface area contributed by atoms with Crippen molar-refractivity contribution < 1.29 is 23.7 Å². The number of halogens is 1. The highest BCUT2D eigenvalue weighted by Gasteiger charge is 2.21. The standard InChI is InChI=1S/C23H29ClN2O5/c1-4-30-21-15-19(26-8-10-29-11-9-26)22(31-5-2)14-18(21)25-23(27)13-16-12-17(24)6-7-20(16)28-3/h6-7,12,14-15H,4-5,8-11,13H2,1-3H3,(H,25,27). The summed E-state index contributed by atoms with van der Waals surface area (Å²) in [6, 6.07) is 8.97. The van der Waals surface area contributed by atoms with Crippen LogP contribution in [0.2, 0.25) is 5.02 Å². The number of methoxy groups -OCH3 is 1. The summed E-state index contributed by atoms with van der Waals surface area (Å²) >= 11 is 6.09. The predicted octanol–water partition coefficient (Wildman–Crippen LogP) is 4.16. The molecule has 31 heavy (non-hydrogen) atoms. The fraction of sp³-hybridized carbons (Fsp3) is 0.435. The SMILES string of the molecule is CCOc1cc(N2CCOCC2)c(OCC)cc1NC(=O)Cc1cc(Cl)ccc1OC. The summed E-state index contributed by atoms with van der Waals surface area (Å²) in [5.41, 5.74) is 2.21. The number of rotatable bonds is 9. The van der Waals surface area contributed by atoms with E-state index in [4.69, 9.17) is 30.5 Å². The number of morpholine rings is 1. The zero-order valence-corrected chi connectivity index (χ0v) is 19.0. The number of nitrogens with one attached hydrogen (secondary N) is 1. The molecule has 168 valence electrons. The van der Waals surface area contributed by atoms with E-state index in [1.165, 1.54) is 0 Å². The highest BCUT2D eigenvalue weighted by Crippen LogP contribution is 2.39. The third-order valence-corrected chi connectivity index (χ3v) is 5.12. The Morgan fingerprint density at radius 1 is 1.06 bits per heavy atom. The van der Waals surface area contributed by atoms with Crippen LogP contribution in [0, 0.1) is 0 Å². The second kappa shape index (κ2) is 11.1. The molecule has 1 heterocycles. The fourth-order valence-corrected chi connectivity index (χ4v) is 3.69. The average Bonchev–Trinajstić information content (AvgIpc) is 2.76. The van der Waals surface area contributed by atoms with Crippen LogP contribution in [0.1, 0.15) is 19.4 Å². The van der Waals surface area contributed by atoms with Gasteiger partial charge in [-0.3, -0.25) is 4.79 Å². The van der Waals surface area contributed by atoms with Gasteiger partial charge in [0.2, 0.25) is 5.91 Å². The molecule has 1 N–H and O–H groups in total. The van der Waals surface area contributed by atoms with Gasteiger partial charge < -0.3 is 29.2 Å². The lowest BCUT2D eigenvalue weighted by Crippen LogP contribution is -2.36. The number of benzene rings is 2. The molecule has 0 aliphatic carbocycles. The van der Waals surface area contributed by atoms with E-state index in [0.29, 0.717) is 59.9 Å². The molecular formula is C23H29ClN2O5. The van der Waals surface area contributed by atoms with Crippen LogP contribution < -0.4 is 24.4 Å². The Kier molecular flexibility index (Phi) is 8.26. The summed E-state index contributed by atoms with van der Waals surface area (Å²) in [5, 5.41) is 3.51. The summed E-state index contributed by atoms with van der Waals surface area (Å²) in [5.74, 6) is 1.70. The molecule has 2 aromatic carbocycles. The summed E-state index contributed by atoms with van der Waals surface area (Å²) in [7, 11) is 1.57. The van der Waals surface area contributed by atoms with Gasteiger partial charge in [0, 0.05) is 35.8 Å². The highest BCUT2D eigenvalue weighted by molar-refractivity contribution is 6.30. The molecule has 1 aliphatic heterocycles. The molecule has 0 unspecified atom stereocenters. The van der Waals surface area contributed by atoms with Gasteiger partial charge in [-0.05, 0) is 32.0 Å². The molecule has 1 amide bonds. The lowest BCUT2D eigenvalue weighted by Gasteiger charge is -2.31. The number of ether oxygens (including phenoxy) is 4. The first-order valence-electron chi connectivity index (χ1n) is 10.4. The molecule has 0 aromatic heterocycles. The Balaban J connectivity index is 1.87. The van der Waals surface area contributed by atoms with Gasteiger partial charge >= 0.3 is 0 Å². The maximum Gasteiger partial charge on any atom is 0.229 e. The van der Waals surface area contributed by atoms with Gasteiger partial charge in [-0.2, -0.15) is 0 Å². The maximum atomic E-state index is 12.8. The van der Waals surface area contributed by atoms with Crippen molar-refractivity contribution in [3.63, 3.8) is 0 Å². The molecule has 0 bridgehead atoms. The number of carbonyl (C=O) groups is 1. The van der Waals surface area contributed by atoms with Crippen LogP contribution in [-0.4, -0.2) is 52.5 Å². The predicted molar refractivity (Wildman–Crippen MR) is 122 cm³/mol. The molecule has 0 saturated carbocycles. The number of carbonyl (C=O) groups excluding carboxylic acids is 1. The number of nitrogens with zero attached hydrogens (tertiary/aromatic N) is 1. The first-order valence-corrected chi connectivity index (χ1v) is 10.8.